The first kappa shape index (κ1) is 13.9. The Morgan fingerprint density at radius 1 is 1.44 bits per heavy atom. The van der Waals surface area contributed by atoms with Crippen LogP contribution in [-0.4, -0.2) is 11.0 Å². The van der Waals surface area contributed by atoms with Crippen LogP contribution in [0.5, 0.6) is 0 Å². The number of benzene rings is 1. The van der Waals surface area contributed by atoms with Crippen molar-refractivity contribution in [3.8, 4) is 0 Å². The fourth-order valence-electron chi connectivity index (χ4n) is 2.60. The van der Waals surface area contributed by atoms with E-state index in [1.165, 1.54) is 5.56 Å². The quantitative estimate of drug-likeness (QED) is 0.654. The van der Waals surface area contributed by atoms with E-state index in [1.807, 2.05) is 18.2 Å². The van der Waals surface area contributed by atoms with Crippen molar-refractivity contribution in [1.82, 2.24) is 4.98 Å². The van der Waals surface area contributed by atoms with Crippen molar-refractivity contribution in [1.29, 1.82) is 0 Å². The standard InChI is InChI=1S/C13H12ClNO2.Na/c14-8-2-4-11-10(6-8)9-3-1-7(13(16)17)5-12(9)15-11;/h2,4,6-7,15H,1,3,5H2,(H,16,17);/q;+1/p-1. The van der Waals surface area contributed by atoms with Gasteiger partial charge in [0.25, 0.3) is 0 Å². The van der Waals surface area contributed by atoms with E-state index in [0.717, 1.165) is 23.0 Å². The number of halogens is 1. The normalized spacial score (nSPS) is 18.2. The molecule has 2 aromatic rings. The summed E-state index contributed by atoms with van der Waals surface area (Å²) < 4.78 is 0. The first-order valence-corrected chi connectivity index (χ1v) is 6.03. The fourth-order valence-corrected chi connectivity index (χ4v) is 2.78. The summed E-state index contributed by atoms with van der Waals surface area (Å²) in [6.07, 6.45) is 1.95. The monoisotopic (exact) mass is 271 g/mol. The van der Waals surface area contributed by atoms with Crippen molar-refractivity contribution in [2.24, 2.45) is 5.92 Å². The zero-order valence-corrected chi connectivity index (χ0v) is 12.9. The van der Waals surface area contributed by atoms with Crippen molar-refractivity contribution < 1.29 is 39.5 Å². The topological polar surface area (TPSA) is 55.9 Å². The summed E-state index contributed by atoms with van der Waals surface area (Å²) >= 11 is 5.98. The predicted molar refractivity (Wildman–Crippen MR) is 63.8 cm³/mol. The van der Waals surface area contributed by atoms with E-state index >= 15 is 0 Å². The van der Waals surface area contributed by atoms with Gasteiger partial charge in [-0.05, 0) is 43.0 Å². The van der Waals surface area contributed by atoms with E-state index in [-0.39, 0.29) is 35.5 Å². The summed E-state index contributed by atoms with van der Waals surface area (Å²) in [6.45, 7) is 0. The molecule has 18 heavy (non-hydrogen) atoms. The molecule has 0 fully saturated rings. The van der Waals surface area contributed by atoms with Crippen LogP contribution in [0.25, 0.3) is 10.9 Å². The van der Waals surface area contributed by atoms with Gasteiger partial charge in [0.15, 0.2) is 0 Å². The molecule has 1 unspecified atom stereocenters. The van der Waals surface area contributed by atoms with Crippen LogP contribution < -0.4 is 34.7 Å². The number of H-pyrrole nitrogens is 1. The number of aromatic nitrogens is 1. The van der Waals surface area contributed by atoms with Gasteiger partial charge in [0.05, 0.1) is 0 Å². The number of carboxylic acid groups (broad SMARTS) is 1. The Hall–Kier alpha value is -0.480. The molecule has 1 N–H and O–H groups in total. The molecule has 0 spiro atoms. The molecule has 1 aromatic carbocycles. The van der Waals surface area contributed by atoms with Crippen molar-refractivity contribution in [2.75, 3.05) is 0 Å². The number of carbonyl (C=O) groups excluding carboxylic acids is 1. The van der Waals surface area contributed by atoms with E-state index in [2.05, 4.69) is 4.98 Å². The average Bonchev–Trinajstić information content (AvgIpc) is 2.66. The van der Waals surface area contributed by atoms with Gasteiger partial charge in [0, 0.05) is 33.5 Å². The molecule has 0 bridgehead atoms. The predicted octanol–water partition coefficient (Wildman–Crippen LogP) is -1.32. The molecule has 1 atom stereocenters. The first-order chi connectivity index (χ1) is 8.15. The molecular formula is C13H11ClNNaO2. The van der Waals surface area contributed by atoms with E-state index in [9.17, 15) is 9.90 Å². The van der Waals surface area contributed by atoms with E-state index in [1.54, 1.807) is 0 Å². The van der Waals surface area contributed by atoms with Crippen molar-refractivity contribution in [3.63, 3.8) is 0 Å². The molecule has 3 nitrogen and oxygen atoms in total. The van der Waals surface area contributed by atoms with Crippen molar-refractivity contribution in [2.45, 2.75) is 19.3 Å². The van der Waals surface area contributed by atoms with Crippen LogP contribution >= 0.6 is 11.6 Å². The summed E-state index contributed by atoms with van der Waals surface area (Å²) in [6, 6.07) is 5.71. The molecule has 0 amide bonds. The molecule has 0 saturated heterocycles. The second kappa shape index (κ2) is 5.25. The van der Waals surface area contributed by atoms with Gasteiger partial charge >= 0.3 is 29.6 Å². The maximum absolute atomic E-state index is 10.9. The largest absolute Gasteiger partial charge is 1.00 e. The Morgan fingerprint density at radius 2 is 2.22 bits per heavy atom. The minimum absolute atomic E-state index is 0. The summed E-state index contributed by atoms with van der Waals surface area (Å²) in [4.78, 5) is 14.2. The smallest absolute Gasteiger partial charge is 0.550 e. The number of carboxylic acids is 1. The molecule has 1 heterocycles. The number of hydrogen-bond donors (Lipinski definition) is 1. The summed E-state index contributed by atoms with van der Waals surface area (Å²) in [7, 11) is 0. The second-order valence-electron chi connectivity index (χ2n) is 4.53. The van der Waals surface area contributed by atoms with Crippen molar-refractivity contribution >= 4 is 28.5 Å². The Kier molecular flexibility index (Phi) is 4.07. The zero-order valence-electron chi connectivity index (χ0n) is 10.1. The number of rotatable bonds is 1. The van der Waals surface area contributed by atoms with Crippen molar-refractivity contribution in [3.05, 3.63) is 34.5 Å². The SMILES string of the molecule is O=C([O-])C1CCc2c([nH]c3ccc(Cl)cc23)C1.[Na+]. The minimum Gasteiger partial charge on any atom is -0.550 e. The number of carbonyl (C=O) groups is 1. The van der Waals surface area contributed by atoms with Gasteiger partial charge in [0.2, 0.25) is 0 Å². The number of nitrogens with one attached hydrogen (secondary N) is 1. The molecular weight excluding hydrogens is 261 g/mol. The molecule has 1 aromatic heterocycles. The maximum Gasteiger partial charge on any atom is 1.00 e. The van der Waals surface area contributed by atoms with Gasteiger partial charge in [-0.25, -0.2) is 0 Å². The van der Waals surface area contributed by atoms with E-state index in [0.29, 0.717) is 17.9 Å². The van der Waals surface area contributed by atoms with Gasteiger partial charge in [-0.1, -0.05) is 11.6 Å². The summed E-state index contributed by atoms with van der Waals surface area (Å²) in [5, 5.41) is 12.7. The Labute approximate surface area is 132 Å². The Bertz CT molecular complexity index is 608. The van der Waals surface area contributed by atoms with Crippen LogP contribution in [0, 0.1) is 5.92 Å². The Morgan fingerprint density at radius 3 is 2.94 bits per heavy atom. The van der Waals surface area contributed by atoms with Gasteiger partial charge in [-0.15, -0.1) is 0 Å². The summed E-state index contributed by atoms with van der Waals surface area (Å²) in [5.41, 5.74) is 3.25. The van der Waals surface area contributed by atoms with Gasteiger partial charge in [0.1, 0.15) is 0 Å². The van der Waals surface area contributed by atoms with Crippen LogP contribution in [0.1, 0.15) is 17.7 Å². The molecule has 0 aliphatic heterocycles. The number of hydrogen-bond acceptors (Lipinski definition) is 2. The zero-order chi connectivity index (χ0) is 12.0. The van der Waals surface area contributed by atoms with Crippen LogP contribution in [0.4, 0.5) is 0 Å². The number of aromatic amines is 1. The molecule has 1 aliphatic carbocycles. The van der Waals surface area contributed by atoms with Crippen LogP contribution in [0.2, 0.25) is 5.02 Å². The minimum atomic E-state index is -0.952. The van der Waals surface area contributed by atoms with E-state index < -0.39 is 5.97 Å². The van der Waals surface area contributed by atoms with Crippen LogP contribution in [-0.2, 0) is 17.6 Å². The third kappa shape index (κ3) is 2.32. The molecule has 3 rings (SSSR count). The van der Waals surface area contributed by atoms with Gasteiger partial charge < -0.3 is 14.9 Å². The fraction of sp³-hybridized carbons (Fsp3) is 0.308. The number of aryl methyl sites for hydroxylation is 1. The molecule has 1 aliphatic rings. The average molecular weight is 272 g/mol. The molecule has 88 valence electrons. The van der Waals surface area contributed by atoms with E-state index in [4.69, 9.17) is 11.6 Å². The third-order valence-electron chi connectivity index (χ3n) is 3.48. The number of fused-ring (bicyclic) bond motifs is 3. The second-order valence-corrected chi connectivity index (χ2v) is 4.97. The number of aliphatic carboxylic acids is 1. The molecule has 0 saturated carbocycles. The molecule has 0 radical (unpaired) electrons. The molecule has 5 heteroatoms. The Balaban J connectivity index is 0.00000120. The summed E-state index contributed by atoms with van der Waals surface area (Å²) in [5.74, 6) is -1.32. The van der Waals surface area contributed by atoms with Gasteiger partial charge in [-0.3, -0.25) is 0 Å². The first-order valence-electron chi connectivity index (χ1n) is 5.65. The van der Waals surface area contributed by atoms with Crippen LogP contribution in [0.3, 0.4) is 0 Å². The van der Waals surface area contributed by atoms with Gasteiger partial charge in [-0.2, -0.15) is 0 Å². The van der Waals surface area contributed by atoms with Crippen LogP contribution in [0.15, 0.2) is 18.2 Å². The third-order valence-corrected chi connectivity index (χ3v) is 3.72. The maximum atomic E-state index is 10.9.